The zero-order valence-electron chi connectivity index (χ0n) is 16.2. The molecule has 1 amide bonds. The van der Waals surface area contributed by atoms with Crippen molar-refractivity contribution < 1.29 is 9.59 Å². The minimum atomic E-state index is -0.205. The minimum Gasteiger partial charge on any atom is -0.326 e. The summed E-state index contributed by atoms with van der Waals surface area (Å²) in [6, 6.07) is 16.2. The van der Waals surface area contributed by atoms with Gasteiger partial charge in [-0.15, -0.1) is 0 Å². The van der Waals surface area contributed by atoms with E-state index in [0.29, 0.717) is 16.3 Å². The molecule has 2 aromatic carbocycles. The second-order valence-electron chi connectivity index (χ2n) is 6.80. The normalized spacial score (nSPS) is 10.9. The van der Waals surface area contributed by atoms with Crippen molar-refractivity contribution in [3.8, 4) is 10.6 Å². The number of pyridine rings is 1. The Bertz CT molecular complexity index is 1200. The van der Waals surface area contributed by atoms with Crippen LogP contribution in [-0.2, 0) is 4.79 Å². The summed E-state index contributed by atoms with van der Waals surface area (Å²) in [5.41, 5.74) is 3.99. The van der Waals surface area contributed by atoms with Crippen LogP contribution in [0.3, 0.4) is 0 Å². The number of anilines is 1. The van der Waals surface area contributed by atoms with Crippen LogP contribution < -0.4 is 5.32 Å². The number of ketones is 1. The SMILES string of the molecule is Cc1c(NC(=O)CCC(=O)c2ccc(Cl)cc2)cccc1-c1nc2cccnc2s1. The molecule has 0 saturated carbocycles. The molecular weight excluding hydrogens is 418 g/mol. The molecule has 0 aliphatic carbocycles. The largest absolute Gasteiger partial charge is 0.326 e. The van der Waals surface area contributed by atoms with E-state index in [0.717, 1.165) is 26.5 Å². The molecule has 0 fully saturated rings. The fraction of sp³-hybridized carbons (Fsp3) is 0.130. The minimum absolute atomic E-state index is 0.0886. The molecule has 2 heterocycles. The van der Waals surface area contributed by atoms with Crippen LogP contribution in [0.5, 0.6) is 0 Å². The Morgan fingerprint density at radius 2 is 1.83 bits per heavy atom. The van der Waals surface area contributed by atoms with E-state index >= 15 is 0 Å². The number of carbonyl (C=O) groups is 2. The van der Waals surface area contributed by atoms with Crippen LogP contribution in [0, 0.1) is 6.92 Å². The highest BCUT2D eigenvalue weighted by molar-refractivity contribution is 7.21. The van der Waals surface area contributed by atoms with Crippen molar-refractivity contribution in [1.29, 1.82) is 0 Å². The molecule has 150 valence electrons. The van der Waals surface area contributed by atoms with Gasteiger partial charge < -0.3 is 5.32 Å². The fourth-order valence-electron chi connectivity index (χ4n) is 3.11. The van der Waals surface area contributed by atoms with Gasteiger partial charge in [0.1, 0.15) is 15.4 Å². The Labute approximate surface area is 182 Å². The van der Waals surface area contributed by atoms with Crippen molar-refractivity contribution in [2.75, 3.05) is 5.32 Å². The predicted octanol–water partition coefficient (Wildman–Crippen LogP) is 5.92. The van der Waals surface area contributed by atoms with Crippen molar-refractivity contribution >= 4 is 50.7 Å². The first-order valence-corrected chi connectivity index (χ1v) is 10.6. The van der Waals surface area contributed by atoms with Crippen LogP contribution in [0.2, 0.25) is 5.02 Å². The second-order valence-corrected chi connectivity index (χ2v) is 8.22. The van der Waals surface area contributed by atoms with E-state index in [4.69, 9.17) is 11.6 Å². The molecule has 0 aliphatic rings. The van der Waals surface area contributed by atoms with Gasteiger partial charge in [-0.05, 0) is 55.0 Å². The lowest BCUT2D eigenvalue weighted by Gasteiger charge is -2.11. The highest BCUT2D eigenvalue weighted by Crippen LogP contribution is 2.33. The molecule has 1 N–H and O–H groups in total. The van der Waals surface area contributed by atoms with Crippen LogP contribution in [0.1, 0.15) is 28.8 Å². The Hall–Kier alpha value is -3.09. The maximum atomic E-state index is 12.4. The molecule has 0 bridgehead atoms. The molecule has 0 aliphatic heterocycles. The van der Waals surface area contributed by atoms with Gasteiger partial charge in [-0.1, -0.05) is 35.1 Å². The van der Waals surface area contributed by atoms with Crippen molar-refractivity contribution in [3.63, 3.8) is 0 Å². The zero-order chi connectivity index (χ0) is 21.1. The van der Waals surface area contributed by atoms with Crippen LogP contribution in [0.4, 0.5) is 5.69 Å². The van der Waals surface area contributed by atoms with Crippen LogP contribution in [-0.4, -0.2) is 21.7 Å². The van der Waals surface area contributed by atoms with Crippen molar-refractivity contribution in [3.05, 3.63) is 76.9 Å². The number of nitrogens with one attached hydrogen (secondary N) is 1. The van der Waals surface area contributed by atoms with E-state index in [-0.39, 0.29) is 24.5 Å². The number of Topliss-reactive ketones (excluding diaryl/α,β-unsaturated/α-hetero) is 1. The number of hydrogen-bond donors (Lipinski definition) is 1. The number of fused-ring (bicyclic) bond motifs is 1. The molecule has 7 heteroatoms. The number of hydrogen-bond acceptors (Lipinski definition) is 5. The Morgan fingerprint density at radius 1 is 1.03 bits per heavy atom. The van der Waals surface area contributed by atoms with E-state index < -0.39 is 0 Å². The Kier molecular flexibility index (Phi) is 5.88. The van der Waals surface area contributed by atoms with Gasteiger partial charge in [-0.3, -0.25) is 9.59 Å². The Balaban J connectivity index is 1.45. The molecule has 4 aromatic rings. The quantitative estimate of drug-likeness (QED) is 0.381. The van der Waals surface area contributed by atoms with Crippen LogP contribution in [0.25, 0.3) is 20.9 Å². The van der Waals surface area contributed by atoms with Gasteiger partial charge >= 0.3 is 0 Å². The molecule has 0 unspecified atom stereocenters. The summed E-state index contributed by atoms with van der Waals surface area (Å²) in [6.07, 6.45) is 1.99. The smallest absolute Gasteiger partial charge is 0.224 e. The van der Waals surface area contributed by atoms with E-state index in [2.05, 4.69) is 15.3 Å². The summed E-state index contributed by atoms with van der Waals surface area (Å²) in [7, 11) is 0. The standard InChI is InChI=1S/C23H18ClN3O2S/c1-14-17(22-27-19-6-3-13-25-23(19)30-22)4-2-5-18(14)26-21(29)12-11-20(28)15-7-9-16(24)10-8-15/h2-10,13H,11-12H2,1H3,(H,26,29). The summed E-state index contributed by atoms with van der Waals surface area (Å²) in [5.74, 6) is -0.294. The van der Waals surface area contributed by atoms with Gasteiger partial charge in [0.2, 0.25) is 5.91 Å². The number of rotatable bonds is 6. The van der Waals surface area contributed by atoms with E-state index in [1.807, 2.05) is 37.3 Å². The number of thiazole rings is 1. The van der Waals surface area contributed by atoms with Gasteiger partial charge in [-0.25, -0.2) is 9.97 Å². The average molecular weight is 436 g/mol. The first kappa shape index (κ1) is 20.2. The van der Waals surface area contributed by atoms with Gasteiger partial charge in [0.05, 0.1) is 0 Å². The summed E-state index contributed by atoms with van der Waals surface area (Å²) in [5, 5.41) is 4.35. The van der Waals surface area contributed by atoms with E-state index in [1.54, 1.807) is 30.5 Å². The van der Waals surface area contributed by atoms with E-state index in [9.17, 15) is 9.59 Å². The third kappa shape index (κ3) is 4.40. The van der Waals surface area contributed by atoms with Crippen molar-refractivity contribution in [1.82, 2.24) is 9.97 Å². The number of halogens is 1. The zero-order valence-corrected chi connectivity index (χ0v) is 17.8. The predicted molar refractivity (Wildman–Crippen MR) is 121 cm³/mol. The summed E-state index contributed by atoms with van der Waals surface area (Å²) in [4.78, 5) is 34.6. The molecule has 4 rings (SSSR count). The van der Waals surface area contributed by atoms with Crippen LogP contribution in [0.15, 0.2) is 60.8 Å². The molecule has 0 saturated heterocycles. The van der Waals surface area contributed by atoms with E-state index in [1.165, 1.54) is 11.3 Å². The maximum Gasteiger partial charge on any atom is 0.224 e. The summed E-state index contributed by atoms with van der Waals surface area (Å²) >= 11 is 7.36. The first-order valence-electron chi connectivity index (χ1n) is 9.41. The topological polar surface area (TPSA) is 72.0 Å². The third-order valence-electron chi connectivity index (χ3n) is 4.75. The maximum absolute atomic E-state index is 12.4. The highest BCUT2D eigenvalue weighted by Gasteiger charge is 2.14. The van der Waals surface area contributed by atoms with Crippen molar-refractivity contribution in [2.45, 2.75) is 19.8 Å². The fourth-order valence-corrected chi connectivity index (χ4v) is 4.22. The number of benzene rings is 2. The average Bonchev–Trinajstić information content (AvgIpc) is 3.18. The monoisotopic (exact) mass is 435 g/mol. The van der Waals surface area contributed by atoms with Crippen molar-refractivity contribution in [2.24, 2.45) is 0 Å². The third-order valence-corrected chi connectivity index (χ3v) is 6.01. The molecule has 30 heavy (non-hydrogen) atoms. The lowest BCUT2D eigenvalue weighted by atomic mass is 10.1. The van der Waals surface area contributed by atoms with Crippen LogP contribution >= 0.6 is 22.9 Å². The van der Waals surface area contributed by atoms with Gasteiger partial charge in [0.25, 0.3) is 0 Å². The lowest BCUT2D eigenvalue weighted by Crippen LogP contribution is -2.14. The Morgan fingerprint density at radius 3 is 2.60 bits per heavy atom. The molecular formula is C23H18ClN3O2S. The summed E-state index contributed by atoms with van der Waals surface area (Å²) in [6.45, 7) is 1.95. The van der Waals surface area contributed by atoms with Gasteiger partial charge in [0.15, 0.2) is 5.78 Å². The summed E-state index contributed by atoms with van der Waals surface area (Å²) < 4.78 is 0. The molecule has 0 radical (unpaired) electrons. The molecule has 2 aromatic heterocycles. The molecule has 0 spiro atoms. The molecule has 0 atom stereocenters. The number of aromatic nitrogens is 2. The second kappa shape index (κ2) is 8.73. The highest BCUT2D eigenvalue weighted by atomic mass is 35.5. The number of amides is 1. The lowest BCUT2D eigenvalue weighted by molar-refractivity contribution is -0.116. The number of nitrogens with zero attached hydrogens (tertiary/aromatic N) is 2. The molecule has 5 nitrogen and oxygen atoms in total. The number of carbonyl (C=O) groups excluding carboxylic acids is 2. The first-order chi connectivity index (χ1) is 14.5. The van der Waals surface area contributed by atoms with Gasteiger partial charge in [-0.2, -0.15) is 0 Å². The van der Waals surface area contributed by atoms with Gasteiger partial charge in [0, 0.05) is 40.9 Å².